The molecule has 0 spiro atoms. The Bertz CT molecular complexity index is 2080. The van der Waals surface area contributed by atoms with Gasteiger partial charge in [0.05, 0.1) is 0 Å². The zero-order valence-electron chi connectivity index (χ0n) is 22.9. The highest BCUT2D eigenvalue weighted by atomic mass is 16.3. The van der Waals surface area contributed by atoms with Gasteiger partial charge in [-0.05, 0) is 18.2 Å². The van der Waals surface area contributed by atoms with Gasteiger partial charge in [0, 0.05) is 33.0 Å². The van der Waals surface area contributed by atoms with Gasteiger partial charge in [-0.15, -0.1) is 0 Å². The second kappa shape index (κ2) is 11.8. The van der Waals surface area contributed by atoms with E-state index in [0.717, 1.165) is 44.2 Å². The van der Waals surface area contributed by atoms with E-state index in [1.807, 2.05) is 121 Å². The van der Waals surface area contributed by atoms with Crippen molar-refractivity contribution in [2.75, 3.05) is 0 Å². The number of hydrogen-bond acceptors (Lipinski definition) is 7. The van der Waals surface area contributed by atoms with Gasteiger partial charge < -0.3 is 4.42 Å². The fourth-order valence-electron chi connectivity index (χ4n) is 4.78. The van der Waals surface area contributed by atoms with E-state index in [1.54, 1.807) is 12.7 Å². The molecule has 8 aromatic rings. The molecule has 0 saturated heterocycles. The van der Waals surface area contributed by atoms with Gasteiger partial charge in [-0.1, -0.05) is 115 Å². The van der Waals surface area contributed by atoms with Gasteiger partial charge in [0.2, 0.25) is 0 Å². The Kier molecular flexibility index (Phi) is 7.10. The zero-order chi connectivity index (χ0) is 28.8. The minimum absolute atomic E-state index is 0.635. The van der Waals surface area contributed by atoms with Crippen molar-refractivity contribution in [3.8, 4) is 45.6 Å². The first kappa shape index (κ1) is 25.9. The summed E-state index contributed by atoms with van der Waals surface area (Å²) in [5.41, 5.74) is 5.59. The van der Waals surface area contributed by atoms with E-state index in [1.165, 1.54) is 0 Å². The molecular formula is C36H24N6O. The largest absolute Gasteiger partial charge is 0.456 e. The lowest BCUT2D eigenvalue weighted by Gasteiger charge is -2.03. The van der Waals surface area contributed by atoms with Crippen LogP contribution < -0.4 is 0 Å². The lowest BCUT2D eigenvalue weighted by Crippen LogP contribution is -1.94. The second-order valence-electron chi connectivity index (χ2n) is 9.67. The number of para-hydroxylation sites is 1. The third-order valence-corrected chi connectivity index (χ3v) is 6.88. The molecule has 7 nitrogen and oxygen atoms in total. The first-order valence-electron chi connectivity index (χ1n) is 13.8. The lowest BCUT2D eigenvalue weighted by molar-refractivity contribution is 0.669. The van der Waals surface area contributed by atoms with Gasteiger partial charge in [-0.25, -0.2) is 29.9 Å². The van der Waals surface area contributed by atoms with Crippen molar-refractivity contribution in [1.29, 1.82) is 0 Å². The summed E-state index contributed by atoms with van der Waals surface area (Å²) in [4.78, 5) is 26.1. The summed E-state index contributed by atoms with van der Waals surface area (Å²) in [6.07, 6.45) is 3.10. The molecule has 0 amide bonds. The van der Waals surface area contributed by atoms with E-state index in [9.17, 15) is 0 Å². The van der Waals surface area contributed by atoms with Crippen LogP contribution >= 0.6 is 0 Å². The van der Waals surface area contributed by atoms with Gasteiger partial charge in [0.25, 0.3) is 0 Å². The first-order valence-corrected chi connectivity index (χ1v) is 13.8. The van der Waals surface area contributed by atoms with Crippen LogP contribution in [0, 0.1) is 0 Å². The van der Waals surface area contributed by atoms with Crippen LogP contribution in [0.2, 0.25) is 0 Å². The summed E-state index contributed by atoms with van der Waals surface area (Å²) in [7, 11) is 0. The first-order chi connectivity index (χ1) is 21.3. The van der Waals surface area contributed by atoms with Gasteiger partial charge in [0.15, 0.2) is 23.3 Å². The maximum Gasteiger partial charge on any atom is 0.163 e. The number of fused-ring (bicyclic) bond motifs is 3. The van der Waals surface area contributed by atoms with E-state index >= 15 is 0 Å². The molecule has 0 bridgehead atoms. The zero-order valence-corrected chi connectivity index (χ0v) is 22.9. The molecule has 0 atom stereocenters. The smallest absolute Gasteiger partial charge is 0.163 e. The molecule has 8 rings (SSSR count). The minimum Gasteiger partial charge on any atom is -0.456 e. The van der Waals surface area contributed by atoms with Crippen molar-refractivity contribution < 1.29 is 4.42 Å². The fraction of sp³-hybridized carbons (Fsp3) is 0. The molecule has 0 N–H and O–H groups in total. The van der Waals surface area contributed by atoms with Gasteiger partial charge in [-0.3, -0.25) is 0 Å². The molecule has 0 saturated carbocycles. The van der Waals surface area contributed by atoms with Crippen molar-refractivity contribution in [3.05, 3.63) is 146 Å². The molecule has 3 aromatic heterocycles. The van der Waals surface area contributed by atoms with Crippen LogP contribution in [0.25, 0.3) is 67.5 Å². The summed E-state index contributed by atoms with van der Waals surface area (Å²) in [6, 6.07) is 43.8. The third kappa shape index (κ3) is 5.60. The number of benzene rings is 5. The topological polar surface area (TPSA) is 90.5 Å². The quantitative estimate of drug-likeness (QED) is 0.215. The van der Waals surface area contributed by atoms with Crippen LogP contribution in [-0.4, -0.2) is 29.9 Å². The maximum absolute atomic E-state index is 5.96. The van der Waals surface area contributed by atoms with Crippen LogP contribution in [0.5, 0.6) is 0 Å². The molecule has 0 fully saturated rings. The normalized spacial score (nSPS) is 10.8. The summed E-state index contributed by atoms with van der Waals surface area (Å²) in [6.45, 7) is 0. The molecule has 0 aliphatic heterocycles. The SMILES string of the molecule is c1ccc(-c2ncnc(-c3ccc4c(c3)oc3ccccc34)n2)cc1.c1ccc(-c2ncnc(-c3ccccc3)n2)cc1. The Morgan fingerprint density at radius 3 is 1.28 bits per heavy atom. The van der Waals surface area contributed by atoms with E-state index in [4.69, 9.17) is 4.42 Å². The molecule has 204 valence electrons. The Balaban J connectivity index is 0.000000148. The molecule has 0 aliphatic carbocycles. The van der Waals surface area contributed by atoms with E-state index in [-0.39, 0.29) is 0 Å². The summed E-state index contributed by atoms with van der Waals surface area (Å²) < 4.78 is 5.96. The van der Waals surface area contributed by atoms with Gasteiger partial charge in [-0.2, -0.15) is 0 Å². The maximum atomic E-state index is 5.96. The third-order valence-electron chi connectivity index (χ3n) is 6.88. The molecule has 0 unspecified atom stereocenters. The van der Waals surface area contributed by atoms with Crippen molar-refractivity contribution in [1.82, 2.24) is 29.9 Å². The molecular weight excluding hydrogens is 532 g/mol. The van der Waals surface area contributed by atoms with Crippen molar-refractivity contribution in [2.45, 2.75) is 0 Å². The van der Waals surface area contributed by atoms with Gasteiger partial charge >= 0.3 is 0 Å². The number of furan rings is 1. The summed E-state index contributed by atoms with van der Waals surface area (Å²) >= 11 is 0. The standard InChI is InChI=1S/C21H13N3O.C15H11N3/c1-2-6-14(7-3-1)20-22-13-23-21(24-20)15-10-11-17-16-8-4-5-9-18(16)25-19(17)12-15;1-3-7-12(8-4-1)14-16-11-17-15(18-14)13-9-5-2-6-10-13/h1-13H;1-11H. The van der Waals surface area contributed by atoms with Crippen LogP contribution in [-0.2, 0) is 0 Å². The average Bonchev–Trinajstić information content (AvgIpc) is 3.48. The minimum atomic E-state index is 0.635. The van der Waals surface area contributed by atoms with Crippen molar-refractivity contribution in [3.63, 3.8) is 0 Å². The molecule has 43 heavy (non-hydrogen) atoms. The predicted molar refractivity (Wildman–Crippen MR) is 169 cm³/mol. The van der Waals surface area contributed by atoms with Crippen molar-refractivity contribution in [2.24, 2.45) is 0 Å². The highest BCUT2D eigenvalue weighted by Crippen LogP contribution is 2.31. The molecule has 5 aromatic carbocycles. The number of aromatic nitrogens is 6. The molecule has 0 radical (unpaired) electrons. The van der Waals surface area contributed by atoms with Crippen LogP contribution in [0.3, 0.4) is 0 Å². The molecule has 0 aliphatic rings. The Morgan fingerprint density at radius 2 is 0.767 bits per heavy atom. The van der Waals surface area contributed by atoms with E-state index < -0.39 is 0 Å². The summed E-state index contributed by atoms with van der Waals surface area (Å²) in [5.74, 6) is 2.69. The predicted octanol–water partition coefficient (Wildman–Crippen LogP) is 8.31. The lowest BCUT2D eigenvalue weighted by atomic mass is 10.1. The van der Waals surface area contributed by atoms with E-state index in [0.29, 0.717) is 23.3 Å². The Morgan fingerprint density at radius 1 is 0.349 bits per heavy atom. The van der Waals surface area contributed by atoms with Gasteiger partial charge in [0.1, 0.15) is 23.8 Å². The Hall–Kier alpha value is -6.08. The fourth-order valence-corrected chi connectivity index (χ4v) is 4.78. The second-order valence-corrected chi connectivity index (χ2v) is 9.67. The van der Waals surface area contributed by atoms with Crippen LogP contribution in [0.1, 0.15) is 0 Å². The molecule has 7 heteroatoms. The highest BCUT2D eigenvalue weighted by molar-refractivity contribution is 6.05. The average molecular weight is 557 g/mol. The highest BCUT2D eigenvalue weighted by Gasteiger charge is 2.11. The number of hydrogen-bond donors (Lipinski definition) is 0. The monoisotopic (exact) mass is 556 g/mol. The summed E-state index contributed by atoms with van der Waals surface area (Å²) in [5, 5.41) is 2.21. The van der Waals surface area contributed by atoms with E-state index in [2.05, 4.69) is 42.0 Å². The molecule has 3 heterocycles. The van der Waals surface area contributed by atoms with Crippen LogP contribution in [0.4, 0.5) is 0 Å². The van der Waals surface area contributed by atoms with Crippen LogP contribution in [0.15, 0.2) is 151 Å². The van der Waals surface area contributed by atoms with Crippen molar-refractivity contribution >= 4 is 21.9 Å². The number of rotatable bonds is 4. The number of nitrogens with zero attached hydrogens (tertiary/aromatic N) is 6. The Labute approximate surface area is 247 Å².